The summed E-state index contributed by atoms with van der Waals surface area (Å²) in [6.07, 6.45) is -3.76. The Morgan fingerprint density at radius 1 is 1.45 bits per heavy atom. The molecule has 0 aliphatic heterocycles. The zero-order valence-electron chi connectivity index (χ0n) is 11.0. The molecule has 0 unspecified atom stereocenters. The monoisotopic (exact) mass is 293 g/mol. The fourth-order valence-electron chi connectivity index (χ4n) is 2.47. The van der Waals surface area contributed by atoms with E-state index in [1.807, 2.05) is 0 Å². The molecular formula is C11H18F3N5O. The van der Waals surface area contributed by atoms with Crippen molar-refractivity contribution in [1.82, 2.24) is 5.32 Å². The van der Waals surface area contributed by atoms with Gasteiger partial charge in [0, 0.05) is 11.5 Å². The number of rotatable bonds is 6. The highest BCUT2D eigenvalue weighted by Gasteiger charge is 2.47. The van der Waals surface area contributed by atoms with Gasteiger partial charge >= 0.3 is 6.18 Å². The number of carbonyl (C=O) groups excluding carboxylic acids is 1. The van der Waals surface area contributed by atoms with E-state index >= 15 is 0 Å². The van der Waals surface area contributed by atoms with Crippen LogP contribution in [0.4, 0.5) is 13.2 Å². The van der Waals surface area contributed by atoms with Gasteiger partial charge in [0.15, 0.2) is 0 Å². The molecular weight excluding hydrogens is 275 g/mol. The van der Waals surface area contributed by atoms with Gasteiger partial charge in [0.05, 0.1) is 11.5 Å². The summed E-state index contributed by atoms with van der Waals surface area (Å²) in [5, 5.41) is 6.28. The van der Waals surface area contributed by atoms with E-state index in [9.17, 15) is 18.0 Å². The van der Waals surface area contributed by atoms with Gasteiger partial charge in [-0.25, -0.2) is 0 Å². The van der Waals surface area contributed by atoms with Crippen LogP contribution in [-0.2, 0) is 4.79 Å². The molecule has 0 bridgehead atoms. The molecule has 1 fully saturated rings. The van der Waals surface area contributed by atoms with E-state index in [1.54, 1.807) is 0 Å². The SMILES string of the molecule is [N-]=[N+]=NCCCNC1(C(N)=O)CCC(C(F)(F)F)CC1. The highest BCUT2D eigenvalue weighted by molar-refractivity contribution is 5.84. The van der Waals surface area contributed by atoms with Gasteiger partial charge < -0.3 is 11.1 Å². The third kappa shape index (κ3) is 4.28. The van der Waals surface area contributed by atoms with Gasteiger partial charge in [-0.2, -0.15) is 13.2 Å². The van der Waals surface area contributed by atoms with E-state index < -0.39 is 23.5 Å². The van der Waals surface area contributed by atoms with Gasteiger partial charge in [-0.05, 0) is 44.2 Å². The summed E-state index contributed by atoms with van der Waals surface area (Å²) in [5.41, 5.74) is 12.4. The topological polar surface area (TPSA) is 104 Å². The first-order valence-corrected chi connectivity index (χ1v) is 6.44. The van der Waals surface area contributed by atoms with E-state index in [2.05, 4.69) is 15.3 Å². The molecule has 1 rings (SSSR count). The van der Waals surface area contributed by atoms with Crippen molar-refractivity contribution in [3.05, 3.63) is 10.4 Å². The molecule has 0 spiro atoms. The molecule has 3 N–H and O–H groups in total. The quantitative estimate of drug-likeness (QED) is 0.339. The Morgan fingerprint density at radius 3 is 2.50 bits per heavy atom. The second kappa shape index (κ2) is 6.81. The number of hydrogen-bond acceptors (Lipinski definition) is 3. The summed E-state index contributed by atoms with van der Waals surface area (Å²) in [4.78, 5) is 14.1. The van der Waals surface area contributed by atoms with E-state index in [0.717, 1.165) is 0 Å². The summed E-state index contributed by atoms with van der Waals surface area (Å²) in [6.45, 7) is 0.641. The maximum atomic E-state index is 12.6. The number of nitrogens with one attached hydrogen (secondary N) is 1. The van der Waals surface area contributed by atoms with Crippen LogP contribution in [0.15, 0.2) is 5.11 Å². The van der Waals surface area contributed by atoms with Gasteiger partial charge in [0.2, 0.25) is 5.91 Å². The number of azide groups is 1. The Bertz CT molecular complexity index is 384. The first kappa shape index (κ1) is 16.6. The smallest absolute Gasteiger partial charge is 0.368 e. The van der Waals surface area contributed by atoms with E-state index in [0.29, 0.717) is 13.0 Å². The minimum Gasteiger partial charge on any atom is -0.368 e. The summed E-state index contributed by atoms with van der Waals surface area (Å²) < 4.78 is 37.8. The Labute approximate surface area is 114 Å². The van der Waals surface area contributed by atoms with Crippen LogP contribution in [0, 0.1) is 5.92 Å². The Kier molecular flexibility index (Phi) is 5.64. The largest absolute Gasteiger partial charge is 0.391 e. The number of primary amides is 1. The van der Waals surface area contributed by atoms with Gasteiger partial charge in [0.25, 0.3) is 0 Å². The first-order chi connectivity index (χ1) is 9.32. The predicted molar refractivity (Wildman–Crippen MR) is 66.6 cm³/mol. The van der Waals surface area contributed by atoms with E-state index in [-0.39, 0.29) is 32.2 Å². The molecule has 0 radical (unpaired) electrons. The van der Waals surface area contributed by atoms with Crippen molar-refractivity contribution >= 4 is 5.91 Å². The van der Waals surface area contributed by atoms with E-state index in [4.69, 9.17) is 11.3 Å². The molecule has 0 heterocycles. The highest BCUT2D eigenvalue weighted by Crippen LogP contribution is 2.41. The first-order valence-electron chi connectivity index (χ1n) is 6.44. The molecule has 0 aromatic heterocycles. The molecule has 1 amide bonds. The normalized spacial score (nSPS) is 26.9. The lowest BCUT2D eigenvalue weighted by molar-refractivity contribution is -0.186. The zero-order chi connectivity index (χ0) is 15.2. The van der Waals surface area contributed by atoms with Crippen molar-refractivity contribution < 1.29 is 18.0 Å². The molecule has 0 aromatic rings. The number of nitrogens with zero attached hydrogens (tertiary/aromatic N) is 3. The van der Waals surface area contributed by atoms with Crippen LogP contribution in [0.1, 0.15) is 32.1 Å². The fraction of sp³-hybridized carbons (Fsp3) is 0.909. The Balaban J connectivity index is 2.54. The molecule has 6 nitrogen and oxygen atoms in total. The third-order valence-corrected chi connectivity index (χ3v) is 3.74. The van der Waals surface area contributed by atoms with Crippen molar-refractivity contribution in [2.45, 2.75) is 43.8 Å². The Hall–Kier alpha value is -1.47. The molecule has 20 heavy (non-hydrogen) atoms. The number of halogens is 3. The van der Waals surface area contributed by atoms with Crippen LogP contribution in [0.25, 0.3) is 10.4 Å². The van der Waals surface area contributed by atoms with Crippen molar-refractivity contribution in [1.29, 1.82) is 0 Å². The molecule has 1 saturated carbocycles. The van der Waals surface area contributed by atoms with Crippen LogP contribution in [0.3, 0.4) is 0 Å². The molecule has 0 saturated heterocycles. The molecule has 9 heteroatoms. The van der Waals surface area contributed by atoms with Gasteiger partial charge in [-0.3, -0.25) is 4.79 Å². The lowest BCUT2D eigenvalue weighted by Crippen LogP contribution is -2.58. The highest BCUT2D eigenvalue weighted by atomic mass is 19.4. The second-order valence-corrected chi connectivity index (χ2v) is 5.00. The summed E-state index contributed by atoms with van der Waals surface area (Å²) in [5.74, 6) is -1.98. The van der Waals surface area contributed by atoms with Crippen molar-refractivity contribution in [3.8, 4) is 0 Å². The molecule has 114 valence electrons. The second-order valence-electron chi connectivity index (χ2n) is 5.00. The minimum absolute atomic E-state index is 0.0774. The molecule has 1 aliphatic rings. The summed E-state index contributed by atoms with van der Waals surface area (Å²) >= 11 is 0. The van der Waals surface area contributed by atoms with Crippen LogP contribution < -0.4 is 11.1 Å². The number of amides is 1. The average Bonchev–Trinajstić information content (AvgIpc) is 2.37. The fourth-order valence-corrected chi connectivity index (χ4v) is 2.47. The van der Waals surface area contributed by atoms with Crippen molar-refractivity contribution in [3.63, 3.8) is 0 Å². The predicted octanol–water partition coefficient (Wildman–Crippen LogP) is 2.25. The van der Waals surface area contributed by atoms with Gasteiger partial charge in [-0.15, -0.1) is 0 Å². The maximum Gasteiger partial charge on any atom is 0.391 e. The van der Waals surface area contributed by atoms with Crippen LogP contribution in [0.2, 0.25) is 0 Å². The molecule has 1 aliphatic carbocycles. The van der Waals surface area contributed by atoms with Gasteiger partial charge in [-0.1, -0.05) is 5.11 Å². The summed E-state index contributed by atoms with van der Waals surface area (Å²) in [6, 6.07) is 0. The van der Waals surface area contributed by atoms with Crippen LogP contribution >= 0.6 is 0 Å². The molecule has 0 aromatic carbocycles. The maximum absolute atomic E-state index is 12.6. The number of alkyl halides is 3. The lowest BCUT2D eigenvalue weighted by Gasteiger charge is -2.39. The third-order valence-electron chi connectivity index (χ3n) is 3.74. The van der Waals surface area contributed by atoms with Crippen molar-refractivity contribution in [2.75, 3.05) is 13.1 Å². The van der Waals surface area contributed by atoms with Crippen molar-refractivity contribution in [2.24, 2.45) is 16.8 Å². The minimum atomic E-state index is -4.22. The zero-order valence-corrected chi connectivity index (χ0v) is 11.0. The Morgan fingerprint density at radius 2 is 2.05 bits per heavy atom. The van der Waals surface area contributed by atoms with E-state index in [1.165, 1.54) is 0 Å². The number of hydrogen-bond donors (Lipinski definition) is 2. The van der Waals surface area contributed by atoms with Crippen LogP contribution in [0.5, 0.6) is 0 Å². The number of nitrogens with two attached hydrogens (primary N) is 1. The van der Waals surface area contributed by atoms with Gasteiger partial charge in [0.1, 0.15) is 0 Å². The summed E-state index contributed by atoms with van der Waals surface area (Å²) in [7, 11) is 0. The molecule has 0 atom stereocenters. The van der Waals surface area contributed by atoms with Crippen LogP contribution in [-0.4, -0.2) is 30.7 Å². The average molecular weight is 293 g/mol. The number of carbonyl (C=O) groups is 1. The lowest BCUT2D eigenvalue weighted by atomic mass is 9.75. The standard InChI is InChI=1S/C11H18F3N5O/c12-11(13,14)8-2-4-10(5-3-8,9(15)20)17-6-1-7-18-19-16/h8,17H,1-7H2,(H2,15,20).